The molecule has 1 aliphatic rings. The fraction of sp³-hybridized carbons (Fsp3) is 0.917. The predicted octanol–water partition coefficient (Wildman–Crippen LogP) is 1.30. The molecule has 1 fully saturated rings. The number of carbonyl (C=O) groups is 1. The molecule has 0 aromatic heterocycles. The Balaban J connectivity index is 2.87. The summed E-state index contributed by atoms with van der Waals surface area (Å²) in [5.74, 6) is 1.69. The maximum absolute atomic E-state index is 12.2. The summed E-state index contributed by atoms with van der Waals surface area (Å²) in [6.45, 7) is 5.52. The molecule has 0 bridgehead atoms. The molecular formula is C12H23NO3S. The molecule has 4 nitrogen and oxygen atoms in total. The van der Waals surface area contributed by atoms with Gasteiger partial charge in [0.1, 0.15) is 5.54 Å². The Hall–Kier alpha value is -0.260. The summed E-state index contributed by atoms with van der Waals surface area (Å²) in [7, 11) is 3.12. The van der Waals surface area contributed by atoms with Crippen molar-refractivity contribution >= 4 is 17.7 Å². The van der Waals surface area contributed by atoms with Crippen LogP contribution in [-0.4, -0.2) is 50.4 Å². The number of ether oxygens (including phenoxy) is 2. The molecule has 1 unspecified atom stereocenters. The predicted molar refractivity (Wildman–Crippen MR) is 70.3 cm³/mol. The first-order valence-corrected chi connectivity index (χ1v) is 7.06. The zero-order valence-electron chi connectivity index (χ0n) is 11.2. The van der Waals surface area contributed by atoms with Gasteiger partial charge in [-0.3, -0.25) is 10.1 Å². The van der Waals surface area contributed by atoms with Gasteiger partial charge >= 0.3 is 5.97 Å². The fourth-order valence-corrected chi connectivity index (χ4v) is 3.92. The van der Waals surface area contributed by atoms with Crippen molar-refractivity contribution < 1.29 is 14.3 Å². The van der Waals surface area contributed by atoms with Crippen molar-refractivity contribution in [2.24, 2.45) is 5.41 Å². The van der Waals surface area contributed by atoms with Gasteiger partial charge in [0, 0.05) is 19.4 Å². The van der Waals surface area contributed by atoms with E-state index in [1.54, 1.807) is 18.9 Å². The number of esters is 1. The van der Waals surface area contributed by atoms with Gasteiger partial charge in [-0.1, -0.05) is 13.8 Å². The van der Waals surface area contributed by atoms with Crippen LogP contribution in [0, 0.1) is 5.41 Å². The van der Waals surface area contributed by atoms with E-state index < -0.39 is 5.54 Å². The molecule has 17 heavy (non-hydrogen) atoms. The summed E-state index contributed by atoms with van der Waals surface area (Å²) in [4.78, 5) is 12.2. The average molecular weight is 261 g/mol. The standard InChI is InChI=1S/C12H23NO3S/c1-11(2)5-8-17-9-12(11,10(14)16-4)13-6-7-15-3/h13H,5-9H2,1-4H3. The summed E-state index contributed by atoms with van der Waals surface area (Å²) in [6.07, 6.45) is 1.01. The Bertz CT molecular complexity index is 270. The Morgan fingerprint density at radius 2 is 2.12 bits per heavy atom. The first kappa shape index (κ1) is 14.8. The fourth-order valence-electron chi connectivity index (χ4n) is 2.20. The van der Waals surface area contributed by atoms with E-state index in [4.69, 9.17) is 9.47 Å². The second kappa shape index (κ2) is 6.07. The summed E-state index contributed by atoms with van der Waals surface area (Å²) in [6, 6.07) is 0. The summed E-state index contributed by atoms with van der Waals surface area (Å²) >= 11 is 1.80. The van der Waals surface area contributed by atoms with Crippen LogP contribution in [0.4, 0.5) is 0 Å². The number of carbonyl (C=O) groups excluding carboxylic acids is 1. The largest absolute Gasteiger partial charge is 0.468 e. The van der Waals surface area contributed by atoms with E-state index in [2.05, 4.69) is 19.2 Å². The van der Waals surface area contributed by atoms with E-state index >= 15 is 0 Å². The molecule has 100 valence electrons. The molecule has 0 spiro atoms. The molecule has 0 radical (unpaired) electrons. The lowest BCUT2D eigenvalue weighted by molar-refractivity contribution is -0.153. The molecule has 0 aliphatic carbocycles. The molecule has 1 heterocycles. The van der Waals surface area contributed by atoms with Crippen LogP contribution in [0.5, 0.6) is 0 Å². The van der Waals surface area contributed by atoms with Gasteiger partial charge in [-0.2, -0.15) is 11.8 Å². The van der Waals surface area contributed by atoms with Crippen molar-refractivity contribution in [3.8, 4) is 0 Å². The molecule has 1 N–H and O–H groups in total. The van der Waals surface area contributed by atoms with Crippen LogP contribution in [-0.2, 0) is 14.3 Å². The van der Waals surface area contributed by atoms with E-state index in [9.17, 15) is 4.79 Å². The molecule has 1 saturated heterocycles. The highest BCUT2D eigenvalue weighted by Gasteiger charge is 2.53. The van der Waals surface area contributed by atoms with Crippen LogP contribution in [0.25, 0.3) is 0 Å². The molecule has 0 aromatic rings. The van der Waals surface area contributed by atoms with Gasteiger partial charge in [-0.25, -0.2) is 0 Å². The summed E-state index contributed by atoms with van der Waals surface area (Å²) in [5.41, 5.74) is -0.692. The second-order valence-electron chi connectivity index (χ2n) is 5.00. The van der Waals surface area contributed by atoms with Crippen LogP contribution < -0.4 is 5.32 Å². The van der Waals surface area contributed by atoms with Gasteiger partial charge < -0.3 is 9.47 Å². The van der Waals surface area contributed by atoms with E-state index in [0.29, 0.717) is 13.2 Å². The lowest BCUT2D eigenvalue weighted by atomic mass is 9.70. The lowest BCUT2D eigenvalue weighted by Gasteiger charge is -2.48. The van der Waals surface area contributed by atoms with Crippen molar-refractivity contribution in [1.82, 2.24) is 5.32 Å². The third kappa shape index (κ3) is 2.95. The molecular weight excluding hydrogens is 238 g/mol. The minimum Gasteiger partial charge on any atom is -0.468 e. The van der Waals surface area contributed by atoms with Crippen molar-refractivity contribution in [3.63, 3.8) is 0 Å². The average Bonchev–Trinajstić information content (AvgIpc) is 2.30. The second-order valence-corrected chi connectivity index (χ2v) is 6.11. The zero-order chi connectivity index (χ0) is 12.9. The molecule has 1 atom stereocenters. The van der Waals surface area contributed by atoms with Crippen molar-refractivity contribution in [3.05, 3.63) is 0 Å². The summed E-state index contributed by atoms with van der Waals surface area (Å²) in [5, 5.41) is 3.36. The van der Waals surface area contributed by atoms with Crippen LogP contribution in [0.3, 0.4) is 0 Å². The smallest absolute Gasteiger partial charge is 0.327 e. The van der Waals surface area contributed by atoms with E-state index in [0.717, 1.165) is 17.9 Å². The first-order chi connectivity index (χ1) is 8.00. The number of rotatable bonds is 5. The molecule has 0 aromatic carbocycles. The van der Waals surface area contributed by atoms with Gasteiger partial charge in [0.15, 0.2) is 0 Å². The minimum absolute atomic E-state index is 0.0981. The van der Waals surface area contributed by atoms with Crippen LogP contribution in [0.1, 0.15) is 20.3 Å². The molecule has 5 heteroatoms. The monoisotopic (exact) mass is 261 g/mol. The van der Waals surface area contributed by atoms with Gasteiger partial charge in [0.2, 0.25) is 0 Å². The number of hydrogen-bond donors (Lipinski definition) is 1. The Kier molecular flexibility index (Phi) is 5.28. The quantitative estimate of drug-likeness (QED) is 0.597. The van der Waals surface area contributed by atoms with Crippen molar-refractivity contribution in [1.29, 1.82) is 0 Å². The first-order valence-electron chi connectivity index (χ1n) is 5.90. The van der Waals surface area contributed by atoms with Gasteiger partial charge in [0.25, 0.3) is 0 Å². The molecule has 0 saturated carbocycles. The number of thioether (sulfide) groups is 1. The highest BCUT2D eigenvalue weighted by Crippen LogP contribution is 2.42. The number of methoxy groups -OCH3 is 2. The van der Waals surface area contributed by atoms with Crippen LogP contribution in [0.2, 0.25) is 0 Å². The van der Waals surface area contributed by atoms with E-state index in [1.165, 1.54) is 7.11 Å². The zero-order valence-corrected chi connectivity index (χ0v) is 12.0. The summed E-state index contributed by atoms with van der Waals surface area (Å²) < 4.78 is 10.0. The van der Waals surface area contributed by atoms with Crippen molar-refractivity contribution in [2.75, 3.05) is 38.9 Å². The van der Waals surface area contributed by atoms with Gasteiger partial charge in [-0.15, -0.1) is 0 Å². The van der Waals surface area contributed by atoms with Gasteiger partial charge in [-0.05, 0) is 17.6 Å². The Morgan fingerprint density at radius 3 is 2.65 bits per heavy atom. The third-order valence-electron chi connectivity index (χ3n) is 3.61. The van der Waals surface area contributed by atoms with E-state index in [-0.39, 0.29) is 11.4 Å². The minimum atomic E-state index is -0.594. The lowest BCUT2D eigenvalue weighted by Crippen LogP contribution is -2.66. The highest BCUT2D eigenvalue weighted by atomic mass is 32.2. The number of nitrogens with one attached hydrogen (secondary N) is 1. The third-order valence-corrected chi connectivity index (χ3v) is 4.74. The maximum Gasteiger partial charge on any atom is 0.327 e. The molecule has 1 aliphatic heterocycles. The van der Waals surface area contributed by atoms with Gasteiger partial charge in [0.05, 0.1) is 13.7 Å². The molecule has 0 amide bonds. The normalized spacial score (nSPS) is 27.8. The van der Waals surface area contributed by atoms with Crippen LogP contribution >= 0.6 is 11.8 Å². The van der Waals surface area contributed by atoms with E-state index in [1.807, 2.05) is 0 Å². The van der Waals surface area contributed by atoms with Crippen LogP contribution in [0.15, 0.2) is 0 Å². The molecule has 1 rings (SSSR count). The topological polar surface area (TPSA) is 47.6 Å². The SMILES string of the molecule is COCCNC1(C(=O)OC)CSCCC1(C)C. The maximum atomic E-state index is 12.2. The number of hydrogen-bond acceptors (Lipinski definition) is 5. The Labute approximate surface area is 108 Å². The highest BCUT2D eigenvalue weighted by molar-refractivity contribution is 7.99. The Morgan fingerprint density at radius 1 is 1.41 bits per heavy atom. The van der Waals surface area contributed by atoms with Crippen molar-refractivity contribution in [2.45, 2.75) is 25.8 Å².